The number of nitrogens with one attached hydrogen (secondary N) is 1. The molecule has 1 aromatic carbocycles. The summed E-state index contributed by atoms with van der Waals surface area (Å²) in [6, 6.07) is 11.3. The molecule has 118 valence electrons. The SMILES string of the molecule is COC(=O)C1CCN(c2ccc(NC=C(C#N)C#N)cc2)CC1. The fraction of sp³-hybridized carbons (Fsp3) is 0.353. The zero-order valence-electron chi connectivity index (χ0n) is 13.0. The minimum absolute atomic E-state index is 0.00212. The van der Waals surface area contributed by atoms with Crippen LogP contribution in [0.5, 0.6) is 0 Å². The Bertz CT molecular complexity index is 643. The molecule has 0 aromatic heterocycles. The van der Waals surface area contributed by atoms with Crippen LogP contribution in [0.2, 0.25) is 0 Å². The summed E-state index contributed by atoms with van der Waals surface area (Å²) in [5.41, 5.74) is 1.92. The van der Waals surface area contributed by atoms with Crippen LogP contribution in [0.25, 0.3) is 0 Å². The highest BCUT2D eigenvalue weighted by Gasteiger charge is 2.25. The van der Waals surface area contributed by atoms with Crippen molar-refractivity contribution in [1.29, 1.82) is 10.5 Å². The number of carbonyl (C=O) groups is 1. The number of ether oxygens (including phenoxy) is 1. The molecular formula is C17H18N4O2. The van der Waals surface area contributed by atoms with Crippen LogP contribution in [0.4, 0.5) is 11.4 Å². The summed E-state index contributed by atoms with van der Waals surface area (Å²) < 4.78 is 4.79. The summed E-state index contributed by atoms with van der Waals surface area (Å²) in [6.07, 6.45) is 2.98. The molecular weight excluding hydrogens is 292 g/mol. The van der Waals surface area contributed by atoms with E-state index in [1.165, 1.54) is 13.3 Å². The van der Waals surface area contributed by atoms with E-state index in [2.05, 4.69) is 10.2 Å². The molecule has 1 aromatic rings. The zero-order valence-corrected chi connectivity index (χ0v) is 13.0. The van der Waals surface area contributed by atoms with Gasteiger partial charge in [-0.3, -0.25) is 4.79 Å². The van der Waals surface area contributed by atoms with E-state index in [1.54, 1.807) is 12.1 Å². The van der Waals surface area contributed by atoms with Crippen LogP contribution < -0.4 is 10.2 Å². The Kier molecular flexibility index (Phi) is 5.60. The van der Waals surface area contributed by atoms with Gasteiger partial charge < -0.3 is 15.0 Å². The van der Waals surface area contributed by atoms with E-state index in [-0.39, 0.29) is 17.5 Å². The molecule has 1 aliphatic rings. The van der Waals surface area contributed by atoms with Crippen molar-refractivity contribution in [3.05, 3.63) is 36.0 Å². The van der Waals surface area contributed by atoms with E-state index in [0.29, 0.717) is 0 Å². The molecule has 6 heteroatoms. The Morgan fingerprint density at radius 3 is 2.39 bits per heavy atom. The topological polar surface area (TPSA) is 89.2 Å². The van der Waals surface area contributed by atoms with Crippen molar-refractivity contribution in [2.75, 3.05) is 30.4 Å². The predicted molar refractivity (Wildman–Crippen MR) is 86.3 cm³/mol. The summed E-state index contributed by atoms with van der Waals surface area (Å²) in [5.74, 6) is -0.125. The van der Waals surface area contributed by atoms with Crippen LogP contribution in [0, 0.1) is 28.6 Å². The van der Waals surface area contributed by atoms with Crippen LogP contribution in [0.3, 0.4) is 0 Å². The second-order valence-electron chi connectivity index (χ2n) is 5.26. The van der Waals surface area contributed by atoms with Crippen molar-refractivity contribution in [3.63, 3.8) is 0 Å². The standard InChI is InChI=1S/C17H18N4O2/c1-23-17(22)14-6-8-21(9-7-14)16-4-2-15(3-5-16)20-12-13(10-18)11-19/h2-5,12,14,20H,6-9H2,1H3. The van der Waals surface area contributed by atoms with Crippen molar-refractivity contribution in [1.82, 2.24) is 0 Å². The predicted octanol–water partition coefficient (Wildman–Crippen LogP) is 2.42. The Hall–Kier alpha value is -2.99. The largest absolute Gasteiger partial charge is 0.469 e. The first-order chi connectivity index (χ1) is 11.2. The first-order valence-electron chi connectivity index (χ1n) is 7.37. The van der Waals surface area contributed by atoms with Gasteiger partial charge in [0.25, 0.3) is 0 Å². The molecule has 2 rings (SSSR count). The van der Waals surface area contributed by atoms with Crippen molar-refractivity contribution in [3.8, 4) is 12.1 Å². The normalized spacial score (nSPS) is 14.3. The number of benzene rings is 1. The molecule has 0 aliphatic carbocycles. The highest BCUT2D eigenvalue weighted by molar-refractivity contribution is 5.72. The van der Waals surface area contributed by atoms with Crippen LogP contribution in [0.15, 0.2) is 36.0 Å². The average molecular weight is 310 g/mol. The second kappa shape index (κ2) is 7.86. The van der Waals surface area contributed by atoms with Crippen LogP contribution in [-0.4, -0.2) is 26.2 Å². The van der Waals surface area contributed by atoms with Gasteiger partial charge in [-0.25, -0.2) is 0 Å². The van der Waals surface area contributed by atoms with E-state index in [9.17, 15) is 4.79 Å². The number of anilines is 2. The number of rotatable bonds is 4. The molecule has 0 spiro atoms. The van der Waals surface area contributed by atoms with E-state index in [0.717, 1.165) is 37.3 Å². The minimum Gasteiger partial charge on any atom is -0.469 e. The number of nitriles is 2. The van der Waals surface area contributed by atoms with Crippen LogP contribution >= 0.6 is 0 Å². The average Bonchev–Trinajstić information content (AvgIpc) is 2.62. The molecule has 0 saturated carbocycles. The lowest BCUT2D eigenvalue weighted by molar-refractivity contribution is -0.146. The minimum atomic E-state index is -0.123. The van der Waals surface area contributed by atoms with E-state index in [1.807, 2.05) is 24.3 Å². The van der Waals surface area contributed by atoms with Gasteiger partial charge in [-0.2, -0.15) is 10.5 Å². The first-order valence-corrected chi connectivity index (χ1v) is 7.37. The van der Waals surface area contributed by atoms with Gasteiger partial charge >= 0.3 is 5.97 Å². The lowest BCUT2D eigenvalue weighted by Crippen LogP contribution is -2.36. The van der Waals surface area contributed by atoms with Gasteiger partial charge in [0, 0.05) is 30.7 Å². The van der Waals surface area contributed by atoms with Gasteiger partial charge in [0.2, 0.25) is 0 Å². The Balaban J connectivity index is 1.94. The maximum absolute atomic E-state index is 11.5. The summed E-state index contributed by atoms with van der Waals surface area (Å²) in [6.45, 7) is 1.64. The molecule has 0 bridgehead atoms. The summed E-state index contributed by atoms with van der Waals surface area (Å²) in [7, 11) is 1.43. The van der Waals surface area contributed by atoms with Crippen molar-refractivity contribution in [2.24, 2.45) is 5.92 Å². The number of esters is 1. The molecule has 23 heavy (non-hydrogen) atoms. The van der Waals surface area contributed by atoms with Crippen LogP contribution in [0.1, 0.15) is 12.8 Å². The number of piperidine rings is 1. The third-order valence-corrected chi connectivity index (χ3v) is 3.89. The smallest absolute Gasteiger partial charge is 0.308 e. The van der Waals surface area contributed by atoms with Crippen molar-refractivity contribution < 1.29 is 9.53 Å². The molecule has 0 amide bonds. The quantitative estimate of drug-likeness (QED) is 0.678. The van der Waals surface area contributed by atoms with Crippen molar-refractivity contribution >= 4 is 17.3 Å². The maximum atomic E-state index is 11.5. The fourth-order valence-corrected chi connectivity index (χ4v) is 2.55. The van der Waals surface area contributed by atoms with Gasteiger partial charge in [0.05, 0.1) is 13.0 Å². The Morgan fingerprint density at radius 2 is 1.87 bits per heavy atom. The number of nitrogens with zero attached hydrogens (tertiary/aromatic N) is 3. The lowest BCUT2D eigenvalue weighted by Gasteiger charge is -2.32. The Morgan fingerprint density at radius 1 is 1.26 bits per heavy atom. The monoisotopic (exact) mass is 310 g/mol. The number of carbonyl (C=O) groups excluding carboxylic acids is 1. The number of hydrogen-bond acceptors (Lipinski definition) is 6. The van der Waals surface area contributed by atoms with Gasteiger partial charge in [0.15, 0.2) is 0 Å². The zero-order chi connectivity index (χ0) is 16.7. The Labute approximate surface area is 135 Å². The van der Waals surface area contributed by atoms with E-state index < -0.39 is 0 Å². The summed E-state index contributed by atoms with van der Waals surface area (Å²) in [4.78, 5) is 13.8. The van der Waals surface area contributed by atoms with E-state index >= 15 is 0 Å². The highest BCUT2D eigenvalue weighted by Crippen LogP contribution is 2.25. The fourth-order valence-electron chi connectivity index (χ4n) is 2.55. The van der Waals surface area contributed by atoms with Gasteiger partial charge in [-0.05, 0) is 37.1 Å². The molecule has 6 nitrogen and oxygen atoms in total. The third-order valence-electron chi connectivity index (χ3n) is 3.89. The third kappa shape index (κ3) is 4.24. The van der Waals surface area contributed by atoms with E-state index in [4.69, 9.17) is 15.3 Å². The molecule has 1 saturated heterocycles. The molecule has 0 radical (unpaired) electrons. The second-order valence-corrected chi connectivity index (χ2v) is 5.26. The van der Waals surface area contributed by atoms with Gasteiger partial charge in [0.1, 0.15) is 17.7 Å². The molecule has 0 atom stereocenters. The molecule has 0 unspecified atom stereocenters. The van der Waals surface area contributed by atoms with Crippen LogP contribution in [-0.2, 0) is 9.53 Å². The summed E-state index contributed by atoms with van der Waals surface area (Å²) >= 11 is 0. The molecule has 1 aliphatic heterocycles. The number of allylic oxidation sites excluding steroid dienone is 1. The highest BCUT2D eigenvalue weighted by atomic mass is 16.5. The molecule has 1 fully saturated rings. The molecule has 1 heterocycles. The van der Waals surface area contributed by atoms with Crippen molar-refractivity contribution in [2.45, 2.75) is 12.8 Å². The molecule has 1 N–H and O–H groups in total. The van der Waals surface area contributed by atoms with Gasteiger partial charge in [-0.15, -0.1) is 0 Å². The number of methoxy groups -OCH3 is 1. The summed E-state index contributed by atoms with van der Waals surface area (Å²) in [5, 5.41) is 20.3. The maximum Gasteiger partial charge on any atom is 0.308 e. The lowest BCUT2D eigenvalue weighted by atomic mass is 9.96. The van der Waals surface area contributed by atoms with Gasteiger partial charge in [-0.1, -0.05) is 0 Å². The number of hydrogen-bond donors (Lipinski definition) is 1. The first kappa shape index (κ1) is 16.4.